The zero-order valence-corrected chi connectivity index (χ0v) is 13.8. The lowest BCUT2D eigenvalue weighted by atomic mass is 10.1. The highest BCUT2D eigenvalue weighted by atomic mass is 32.1. The number of ether oxygens (including phenoxy) is 1. The first-order valence-electron chi connectivity index (χ1n) is 7.11. The van der Waals surface area contributed by atoms with E-state index in [1.54, 1.807) is 12.1 Å². The van der Waals surface area contributed by atoms with Gasteiger partial charge in [0.1, 0.15) is 11.4 Å². The van der Waals surface area contributed by atoms with Gasteiger partial charge in [0, 0.05) is 11.4 Å². The Kier molecular flexibility index (Phi) is 5.70. The lowest BCUT2D eigenvalue weighted by molar-refractivity contribution is -0.139. The van der Waals surface area contributed by atoms with E-state index in [4.69, 9.17) is 9.84 Å². The first-order valence-corrected chi connectivity index (χ1v) is 7.93. The number of hydrogen-bond donors (Lipinski definition) is 2. The van der Waals surface area contributed by atoms with Crippen LogP contribution in [-0.4, -0.2) is 35.1 Å². The number of benzene rings is 1. The number of nitrogens with zero attached hydrogens (tertiary/aromatic N) is 1. The van der Waals surface area contributed by atoms with Crippen molar-refractivity contribution < 1.29 is 19.4 Å². The molecule has 0 bridgehead atoms. The molecule has 1 amide bonds. The maximum Gasteiger partial charge on any atom is 0.341 e. The van der Waals surface area contributed by atoms with E-state index < -0.39 is 5.97 Å². The van der Waals surface area contributed by atoms with Crippen LogP contribution >= 0.6 is 11.3 Å². The summed E-state index contributed by atoms with van der Waals surface area (Å²) in [6.07, 6.45) is 0.674. The van der Waals surface area contributed by atoms with Gasteiger partial charge in [0.2, 0.25) is 0 Å². The van der Waals surface area contributed by atoms with Crippen LogP contribution in [0.5, 0.6) is 5.75 Å². The first-order chi connectivity index (χ1) is 11.0. The van der Waals surface area contributed by atoms with Crippen LogP contribution in [0, 0.1) is 13.8 Å². The summed E-state index contributed by atoms with van der Waals surface area (Å²) in [5, 5.41) is 12.3. The van der Waals surface area contributed by atoms with Gasteiger partial charge in [0.05, 0.1) is 5.01 Å². The zero-order valence-electron chi connectivity index (χ0n) is 13.0. The fraction of sp³-hybridized carbons (Fsp3) is 0.312. The third-order valence-electron chi connectivity index (χ3n) is 3.10. The predicted molar refractivity (Wildman–Crippen MR) is 87.2 cm³/mol. The second-order valence-electron chi connectivity index (χ2n) is 4.97. The van der Waals surface area contributed by atoms with E-state index in [1.807, 2.05) is 26.0 Å². The van der Waals surface area contributed by atoms with Gasteiger partial charge < -0.3 is 15.2 Å². The molecule has 0 atom stereocenters. The van der Waals surface area contributed by atoms with Crippen molar-refractivity contribution in [3.05, 3.63) is 45.4 Å². The van der Waals surface area contributed by atoms with Gasteiger partial charge in [-0.3, -0.25) is 4.79 Å². The third kappa shape index (κ3) is 5.07. The summed E-state index contributed by atoms with van der Waals surface area (Å²) >= 11 is 1.51. The molecule has 2 rings (SSSR count). The maximum absolute atomic E-state index is 12.0. The normalized spacial score (nSPS) is 10.3. The average Bonchev–Trinajstić information content (AvgIpc) is 2.85. The highest BCUT2D eigenvalue weighted by Gasteiger charge is 2.13. The molecule has 7 heteroatoms. The topological polar surface area (TPSA) is 88.5 Å². The molecule has 23 heavy (non-hydrogen) atoms. The molecule has 1 aromatic carbocycles. The Hall–Kier alpha value is -2.41. The molecule has 0 unspecified atom stereocenters. The number of rotatable bonds is 7. The van der Waals surface area contributed by atoms with E-state index in [2.05, 4.69) is 10.3 Å². The van der Waals surface area contributed by atoms with E-state index in [1.165, 1.54) is 11.3 Å². The van der Waals surface area contributed by atoms with Crippen molar-refractivity contribution in [1.82, 2.24) is 10.3 Å². The Balaban J connectivity index is 1.81. The molecule has 0 aliphatic heterocycles. The lowest BCUT2D eigenvalue weighted by Gasteiger charge is -2.06. The Morgan fingerprint density at radius 2 is 1.96 bits per heavy atom. The SMILES string of the molecule is Cc1nc(C(=O)NCCc2ccc(OCC(=O)O)cc2)c(C)s1. The van der Waals surface area contributed by atoms with E-state index in [-0.39, 0.29) is 12.5 Å². The number of aryl methyl sites for hydroxylation is 2. The average molecular weight is 334 g/mol. The van der Waals surface area contributed by atoms with E-state index in [0.29, 0.717) is 24.4 Å². The molecular weight excluding hydrogens is 316 g/mol. The maximum atomic E-state index is 12.0. The number of hydrogen-bond acceptors (Lipinski definition) is 5. The monoisotopic (exact) mass is 334 g/mol. The van der Waals surface area contributed by atoms with Gasteiger partial charge in [-0.2, -0.15) is 0 Å². The summed E-state index contributed by atoms with van der Waals surface area (Å²) in [7, 11) is 0. The highest BCUT2D eigenvalue weighted by Crippen LogP contribution is 2.16. The number of nitrogens with one attached hydrogen (secondary N) is 1. The Morgan fingerprint density at radius 3 is 2.52 bits per heavy atom. The minimum atomic E-state index is -1.01. The van der Waals surface area contributed by atoms with E-state index in [9.17, 15) is 9.59 Å². The van der Waals surface area contributed by atoms with Crippen molar-refractivity contribution >= 4 is 23.2 Å². The van der Waals surface area contributed by atoms with Gasteiger partial charge in [-0.05, 0) is 38.0 Å². The number of aromatic nitrogens is 1. The molecule has 0 spiro atoms. The molecule has 0 aliphatic carbocycles. The fourth-order valence-corrected chi connectivity index (χ4v) is 2.86. The van der Waals surface area contributed by atoms with Crippen LogP contribution in [0.25, 0.3) is 0 Å². The molecule has 2 N–H and O–H groups in total. The van der Waals surface area contributed by atoms with Crippen LogP contribution < -0.4 is 10.1 Å². The largest absolute Gasteiger partial charge is 0.482 e. The number of thiazole rings is 1. The lowest BCUT2D eigenvalue weighted by Crippen LogP contribution is -2.26. The van der Waals surface area contributed by atoms with Crippen molar-refractivity contribution in [3.63, 3.8) is 0 Å². The van der Waals surface area contributed by atoms with Crippen LogP contribution in [-0.2, 0) is 11.2 Å². The minimum absolute atomic E-state index is 0.159. The highest BCUT2D eigenvalue weighted by molar-refractivity contribution is 7.11. The predicted octanol–water partition coefficient (Wildman–Crippen LogP) is 2.20. The van der Waals surface area contributed by atoms with Crippen LogP contribution in [0.2, 0.25) is 0 Å². The summed E-state index contributed by atoms with van der Waals surface area (Å²) < 4.78 is 5.06. The molecule has 0 radical (unpaired) electrons. The molecule has 1 heterocycles. The summed E-state index contributed by atoms with van der Waals surface area (Å²) in [6, 6.07) is 7.13. The standard InChI is InChI=1S/C16H18N2O4S/c1-10-15(18-11(2)23-10)16(21)17-8-7-12-3-5-13(6-4-12)22-9-14(19)20/h3-6H,7-9H2,1-2H3,(H,17,21)(H,19,20). The number of carbonyl (C=O) groups is 2. The number of aliphatic carboxylic acids is 1. The Labute approximate surface area is 138 Å². The van der Waals surface area contributed by atoms with Crippen molar-refractivity contribution in [2.45, 2.75) is 20.3 Å². The van der Waals surface area contributed by atoms with Gasteiger partial charge in [0.15, 0.2) is 6.61 Å². The third-order valence-corrected chi connectivity index (χ3v) is 3.99. The van der Waals surface area contributed by atoms with Crippen LogP contribution in [0.1, 0.15) is 25.9 Å². The van der Waals surface area contributed by atoms with Crippen molar-refractivity contribution in [1.29, 1.82) is 0 Å². The van der Waals surface area contributed by atoms with Crippen LogP contribution in [0.15, 0.2) is 24.3 Å². The summed E-state index contributed by atoms with van der Waals surface area (Å²) in [5.74, 6) is -0.661. The van der Waals surface area contributed by atoms with Crippen molar-refractivity contribution in [3.8, 4) is 5.75 Å². The molecular formula is C16H18N2O4S. The number of amides is 1. The molecule has 1 aromatic heterocycles. The van der Waals surface area contributed by atoms with Gasteiger partial charge >= 0.3 is 5.97 Å². The smallest absolute Gasteiger partial charge is 0.341 e. The van der Waals surface area contributed by atoms with Gasteiger partial charge in [-0.1, -0.05) is 12.1 Å². The van der Waals surface area contributed by atoms with E-state index in [0.717, 1.165) is 15.4 Å². The van der Waals surface area contributed by atoms with Crippen LogP contribution in [0.3, 0.4) is 0 Å². The van der Waals surface area contributed by atoms with Gasteiger partial charge in [-0.25, -0.2) is 9.78 Å². The Bertz CT molecular complexity index is 695. The first kappa shape index (κ1) is 17.0. The van der Waals surface area contributed by atoms with Gasteiger partial charge in [0.25, 0.3) is 5.91 Å². The molecule has 0 saturated carbocycles. The van der Waals surface area contributed by atoms with Crippen LogP contribution in [0.4, 0.5) is 0 Å². The van der Waals surface area contributed by atoms with E-state index >= 15 is 0 Å². The van der Waals surface area contributed by atoms with Gasteiger partial charge in [-0.15, -0.1) is 11.3 Å². The molecule has 0 aliphatic rings. The second-order valence-corrected chi connectivity index (χ2v) is 6.38. The number of carboxylic acid groups (broad SMARTS) is 1. The molecule has 122 valence electrons. The molecule has 6 nitrogen and oxygen atoms in total. The minimum Gasteiger partial charge on any atom is -0.482 e. The molecule has 2 aromatic rings. The summed E-state index contributed by atoms with van der Waals surface area (Å²) in [5.41, 5.74) is 1.52. The molecule has 0 fully saturated rings. The van der Waals surface area contributed by atoms with Crippen molar-refractivity contribution in [2.75, 3.05) is 13.2 Å². The summed E-state index contributed by atoms with van der Waals surface area (Å²) in [4.78, 5) is 27.6. The summed E-state index contributed by atoms with van der Waals surface area (Å²) in [6.45, 7) is 3.91. The number of carbonyl (C=O) groups excluding carboxylic acids is 1. The number of carboxylic acids is 1. The zero-order chi connectivity index (χ0) is 16.8. The quantitative estimate of drug-likeness (QED) is 0.810. The van der Waals surface area contributed by atoms with Crippen molar-refractivity contribution in [2.24, 2.45) is 0 Å². The fourth-order valence-electron chi connectivity index (χ4n) is 2.04. The Morgan fingerprint density at radius 1 is 1.26 bits per heavy atom. The molecule has 0 saturated heterocycles. The second kappa shape index (κ2) is 7.73.